The third kappa shape index (κ3) is 4.77. The summed E-state index contributed by atoms with van der Waals surface area (Å²) in [4.78, 5) is 38.7. The monoisotopic (exact) mass is 438 g/mol. The highest BCUT2D eigenvalue weighted by Crippen LogP contribution is 2.24. The number of likely N-dealkylation sites (tertiary alicyclic amines) is 1. The van der Waals surface area contributed by atoms with Gasteiger partial charge in [0, 0.05) is 19.6 Å². The Morgan fingerprint density at radius 1 is 1.09 bits per heavy atom. The van der Waals surface area contributed by atoms with Crippen molar-refractivity contribution in [2.75, 3.05) is 32.1 Å². The number of fused-ring (bicyclic) bond motifs is 1. The lowest BCUT2D eigenvalue weighted by atomic mass is 9.97. The van der Waals surface area contributed by atoms with Crippen LogP contribution in [0.15, 0.2) is 57.7 Å². The highest BCUT2D eigenvalue weighted by Gasteiger charge is 2.24. The van der Waals surface area contributed by atoms with Crippen LogP contribution in [0.25, 0.3) is 11.1 Å². The molecule has 1 aliphatic rings. The van der Waals surface area contributed by atoms with Crippen LogP contribution in [0, 0.1) is 5.92 Å². The molecule has 0 bridgehead atoms. The lowest BCUT2D eigenvalue weighted by molar-refractivity contribution is -0.121. The summed E-state index contributed by atoms with van der Waals surface area (Å²) >= 11 is 0. The molecule has 0 saturated carbocycles. The molecular formula is C23H26N4O5. The van der Waals surface area contributed by atoms with Crippen LogP contribution in [0.4, 0.5) is 10.5 Å². The Morgan fingerprint density at radius 3 is 2.59 bits per heavy atom. The molecule has 2 heterocycles. The van der Waals surface area contributed by atoms with E-state index in [2.05, 4.69) is 10.6 Å². The highest BCUT2D eigenvalue weighted by atomic mass is 16.5. The van der Waals surface area contributed by atoms with Crippen molar-refractivity contribution >= 4 is 28.7 Å². The van der Waals surface area contributed by atoms with Gasteiger partial charge in [-0.05, 0) is 43.0 Å². The Balaban J connectivity index is 1.24. The first kappa shape index (κ1) is 21.5. The van der Waals surface area contributed by atoms with Gasteiger partial charge in [0.1, 0.15) is 12.3 Å². The molecule has 168 valence electrons. The van der Waals surface area contributed by atoms with E-state index < -0.39 is 5.76 Å². The van der Waals surface area contributed by atoms with Gasteiger partial charge in [0.2, 0.25) is 5.91 Å². The number of piperidine rings is 1. The number of carbonyl (C=O) groups excluding carboxylic acids is 2. The Labute approximate surface area is 184 Å². The number of ether oxygens (including phenoxy) is 1. The number of hydrogen-bond acceptors (Lipinski definition) is 5. The third-order valence-electron chi connectivity index (χ3n) is 5.71. The molecule has 4 rings (SSSR count). The number of anilines is 1. The number of para-hydroxylation sites is 4. The van der Waals surface area contributed by atoms with E-state index in [9.17, 15) is 14.4 Å². The van der Waals surface area contributed by atoms with Crippen molar-refractivity contribution in [2.24, 2.45) is 5.92 Å². The molecule has 0 atom stereocenters. The first-order valence-electron chi connectivity index (χ1n) is 10.6. The number of carbonyl (C=O) groups is 2. The number of methoxy groups -OCH3 is 1. The number of rotatable bonds is 6. The van der Waals surface area contributed by atoms with Gasteiger partial charge in [-0.15, -0.1) is 0 Å². The molecule has 0 spiro atoms. The summed E-state index contributed by atoms with van der Waals surface area (Å²) < 4.78 is 11.8. The molecule has 0 radical (unpaired) electrons. The predicted molar refractivity (Wildman–Crippen MR) is 120 cm³/mol. The third-order valence-corrected chi connectivity index (χ3v) is 5.71. The van der Waals surface area contributed by atoms with Crippen molar-refractivity contribution in [3.8, 4) is 5.75 Å². The fourth-order valence-electron chi connectivity index (χ4n) is 3.90. The molecule has 32 heavy (non-hydrogen) atoms. The normalized spacial score (nSPS) is 14.3. The molecule has 0 unspecified atom stereocenters. The van der Waals surface area contributed by atoms with Gasteiger partial charge in [0.05, 0.1) is 18.3 Å². The molecule has 3 amide bonds. The maximum absolute atomic E-state index is 12.6. The minimum atomic E-state index is -0.546. The highest BCUT2D eigenvalue weighted by molar-refractivity contribution is 5.91. The summed E-state index contributed by atoms with van der Waals surface area (Å²) in [6.07, 6.45) is 1.57. The molecule has 1 fully saturated rings. The van der Waals surface area contributed by atoms with E-state index in [4.69, 9.17) is 9.15 Å². The maximum atomic E-state index is 12.6. The van der Waals surface area contributed by atoms with Gasteiger partial charge in [-0.2, -0.15) is 0 Å². The molecule has 2 aromatic carbocycles. The van der Waals surface area contributed by atoms with E-state index in [0.717, 1.165) is 12.8 Å². The number of hydrogen-bond donors (Lipinski definition) is 2. The molecule has 2 N–H and O–H groups in total. The molecule has 1 aliphatic heterocycles. The molecule has 0 aliphatic carbocycles. The van der Waals surface area contributed by atoms with Gasteiger partial charge in [0.15, 0.2) is 5.58 Å². The number of nitrogens with zero attached hydrogens (tertiary/aromatic N) is 2. The van der Waals surface area contributed by atoms with Crippen molar-refractivity contribution in [2.45, 2.75) is 19.4 Å². The lowest BCUT2D eigenvalue weighted by Crippen LogP contribution is -2.43. The van der Waals surface area contributed by atoms with E-state index in [1.807, 2.05) is 12.1 Å². The quantitative estimate of drug-likeness (QED) is 0.616. The number of oxazole rings is 1. The number of aromatic nitrogens is 1. The molecule has 1 saturated heterocycles. The summed E-state index contributed by atoms with van der Waals surface area (Å²) in [6.45, 7) is 1.63. The molecule has 3 aromatic rings. The lowest BCUT2D eigenvalue weighted by Gasteiger charge is -2.32. The van der Waals surface area contributed by atoms with Crippen LogP contribution in [0.2, 0.25) is 0 Å². The molecule has 1 aromatic heterocycles. The van der Waals surface area contributed by atoms with Crippen molar-refractivity contribution < 1.29 is 18.7 Å². The largest absolute Gasteiger partial charge is 0.495 e. The van der Waals surface area contributed by atoms with Crippen molar-refractivity contribution in [1.82, 2.24) is 14.8 Å². The van der Waals surface area contributed by atoms with E-state index in [1.165, 1.54) is 4.57 Å². The second kappa shape index (κ2) is 9.59. The standard InChI is InChI=1S/C23H26N4O5/c1-31-19-8-4-2-6-17(19)25-22(29)26-12-10-16(11-13-26)14-24-21(28)15-27-18-7-3-5-9-20(18)32-23(27)30/h2-9,16H,10-15H2,1H3,(H,24,28)(H,25,29). The number of benzene rings is 2. The minimum absolute atomic E-state index is 0.0873. The maximum Gasteiger partial charge on any atom is 0.420 e. The van der Waals surface area contributed by atoms with Gasteiger partial charge in [0.25, 0.3) is 0 Å². The fraction of sp³-hybridized carbons (Fsp3) is 0.348. The smallest absolute Gasteiger partial charge is 0.420 e. The van der Waals surface area contributed by atoms with Crippen molar-refractivity contribution in [3.05, 3.63) is 59.1 Å². The van der Waals surface area contributed by atoms with E-state index in [-0.39, 0.29) is 24.4 Å². The van der Waals surface area contributed by atoms with Crippen LogP contribution in [-0.2, 0) is 11.3 Å². The summed E-state index contributed by atoms with van der Waals surface area (Å²) in [5.74, 6) is 0.0979. The first-order chi connectivity index (χ1) is 15.5. The molecule has 9 heteroatoms. The van der Waals surface area contributed by atoms with Crippen LogP contribution in [0.5, 0.6) is 5.75 Å². The topological polar surface area (TPSA) is 106 Å². The molecule has 9 nitrogen and oxygen atoms in total. The zero-order valence-corrected chi connectivity index (χ0v) is 17.9. The van der Waals surface area contributed by atoms with Gasteiger partial charge < -0.3 is 24.7 Å². The van der Waals surface area contributed by atoms with Crippen LogP contribution in [0.1, 0.15) is 12.8 Å². The second-order valence-corrected chi connectivity index (χ2v) is 7.79. The Bertz CT molecular complexity index is 1160. The van der Waals surface area contributed by atoms with Gasteiger partial charge >= 0.3 is 11.8 Å². The van der Waals surface area contributed by atoms with E-state index in [0.29, 0.717) is 42.2 Å². The Kier molecular flexibility index (Phi) is 6.44. The van der Waals surface area contributed by atoms with Crippen LogP contribution in [-0.4, -0.2) is 48.1 Å². The fourth-order valence-corrected chi connectivity index (χ4v) is 3.90. The van der Waals surface area contributed by atoms with Gasteiger partial charge in [-0.25, -0.2) is 9.59 Å². The Morgan fingerprint density at radius 2 is 1.81 bits per heavy atom. The Hall–Kier alpha value is -3.75. The van der Waals surface area contributed by atoms with Crippen LogP contribution >= 0.6 is 0 Å². The zero-order valence-electron chi connectivity index (χ0n) is 17.9. The van der Waals surface area contributed by atoms with Crippen molar-refractivity contribution in [1.29, 1.82) is 0 Å². The average molecular weight is 438 g/mol. The number of nitrogens with one attached hydrogen (secondary N) is 2. The van der Waals surface area contributed by atoms with E-state index in [1.54, 1.807) is 48.4 Å². The first-order valence-corrected chi connectivity index (χ1v) is 10.6. The summed E-state index contributed by atoms with van der Waals surface area (Å²) in [7, 11) is 1.57. The van der Waals surface area contributed by atoms with Crippen LogP contribution < -0.4 is 21.1 Å². The predicted octanol–water partition coefficient (Wildman–Crippen LogP) is 2.66. The van der Waals surface area contributed by atoms with Crippen LogP contribution in [0.3, 0.4) is 0 Å². The average Bonchev–Trinajstić information content (AvgIpc) is 3.13. The minimum Gasteiger partial charge on any atom is -0.495 e. The zero-order chi connectivity index (χ0) is 22.5. The summed E-state index contributed by atoms with van der Waals surface area (Å²) in [5.41, 5.74) is 1.70. The second-order valence-electron chi connectivity index (χ2n) is 7.79. The number of amides is 3. The molecular weight excluding hydrogens is 412 g/mol. The summed E-state index contributed by atoms with van der Waals surface area (Å²) in [6, 6.07) is 14.1. The number of urea groups is 1. The van der Waals surface area contributed by atoms with E-state index >= 15 is 0 Å². The SMILES string of the molecule is COc1ccccc1NC(=O)N1CCC(CNC(=O)Cn2c(=O)oc3ccccc32)CC1. The van der Waals surface area contributed by atoms with Crippen molar-refractivity contribution in [3.63, 3.8) is 0 Å². The summed E-state index contributed by atoms with van der Waals surface area (Å²) in [5, 5.41) is 5.80. The van der Waals surface area contributed by atoms with Gasteiger partial charge in [-0.1, -0.05) is 24.3 Å². The van der Waals surface area contributed by atoms with Gasteiger partial charge in [-0.3, -0.25) is 9.36 Å².